The third kappa shape index (κ3) is 7.78. The molecule has 0 aliphatic heterocycles. The molecule has 33 heavy (non-hydrogen) atoms. The third-order valence-electron chi connectivity index (χ3n) is 5.37. The predicted molar refractivity (Wildman–Crippen MR) is 127 cm³/mol. The first-order valence-corrected chi connectivity index (χ1v) is 12.4. The van der Waals surface area contributed by atoms with Gasteiger partial charge in [-0.1, -0.05) is 30.5 Å². The Balaban J connectivity index is 1.61. The summed E-state index contributed by atoms with van der Waals surface area (Å²) in [6.45, 7) is 1.73. The fourth-order valence-corrected chi connectivity index (χ4v) is 4.58. The van der Waals surface area contributed by atoms with Crippen LogP contribution in [0.1, 0.15) is 31.2 Å². The minimum absolute atomic E-state index is 0.122. The van der Waals surface area contributed by atoms with Gasteiger partial charge in [0.15, 0.2) is 0 Å². The van der Waals surface area contributed by atoms with E-state index < -0.39 is 34.2 Å². The molecule has 1 saturated carbocycles. The van der Waals surface area contributed by atoms with E-state index in [4.69, 9.17) is 0 Å². The highest BCUT2D eigenvalue weighted by atomic mass is 32.2. The minimum Gasteiger partial charge on any atom is -0.352 e. The lowest BCUT2D eigenvalue weighted by atomic mass is 10.2. The second kappa shape index (κ2) is 11.7. The Morgan fingerprint density at radius 3 is 2.24 bits per heavy atom. The average Bonchev–Trinajstić information content (AvgIpc) is 3.27. The van der Waals surface area contributed by atoms with Crippen molar-refractivity contribution < 1.29 is 23.0 Å². The largest absolute Gasteiger partial charge is 0.352 e. The predicted octanol–water partition coefficient (Wildman–Crippen LogP) is 2.91. The van der Waals surface area contributed by atoms with Crippen LogP contribution in [0.5, 0.6) is 0 Å². The number of hydrogen-bond donors (Lipinski definition) is 2. The lowest BCUT2D eigenvalue weighted by Gasteiger charge is -2.23. The van der Waals surface area contributed by atoms with E-state index in [0.29, 0.717) is 11.4 Å². The molecule has 0 heterocycles. The van der Waals surface area contributed by atoms with E-state index in [2.05, 4.69) is 10.6 Å². The van der Waals surface area contributed by atoms with Crippen LogP contribution in [0.3, 0.4) is 0 Å². The van der Waals surface area contributed by atoms with E-state index in [1.165, 1.54) is 29.2 Å². The van der Waals surface area contributed by atoms with Crippen LogP contribution in [0.25, 0.3) is 0 Å². The second-order valence-electron chi connectivity index (χ2n) is 8.15. The van der Waals surface area contributed by atoms with Gasteiger partial charge < -0.3 is 15.5 Å². The third-order valence-corrected chi connectivity index (χ3v) is 6.53. The van der Waals surface area contributed by atoms with Crippen molar-refractivity contribution in [1.82, 2.24) is 5.32 Å². The summed E-state index contributed by atoms with van der Waals surface area (Å²) in [6.07, 6.45) is 4.00. The van der Waals surface area contributed by atoms with Crippen molar-refractivity contribution in [2.75, 3.05) is 28.3 Å². The molecule has 0 saturated heterocycles. The van der Waals surface area contributed by atoms with Crippen molar-refractivity contribution in [2.24, 2.45) is 0 Å². The Labute approximate surface area is 195 Å². The Morgan fingerprint density at radius 1 is 0.970 bits per heavy atom. The zero-order valence-corrected chi connectivity index (χ0v) is 19.3. The molecule has 3 rings (SSSR count). The molecule has 1 atom stereocenters. The molecule has 2 aromatic carbocycles. The van der Waals surface area contributed by atoms with Gasteiger partial charge in [-0.25, -0.2) is 4.39 Å². The SMILES string of the molecule is Cc1ccc(N(CC(=O)NC2CCCC2)C(=O)C[S@](=O)CC(=O)Nc2ccc(F)cc2)cc1. The smallest absolute Gasteiger partial charge is 0.240 e. The number of nitrogens with one attached hydrogen (secondary N) is 2. The summed E-state index contributed by atoms with van der Waals surface area (Å²) >= 11 is 0. The molecular weight excluding hydrogens is 445 g/mol. The second-order valence-corrected chi connectivity index (χ2v) is 9.60. The van der Waals surface area contributed by atoms with Crippen LogP contribution in [0.15, 0.2) is 48.5 Å². The van der Waals surface area contributed by atoms with Gasteiger partial charge in [-0.2, -0.15) is 0 Å². The van der Waals surface area contributed by atoms with Crippen LogP contribution < -0.4 is 15.5 Å². The van der Waals surface area contributed by atoms with Gasteiger partial charge in [0.2, 0.25) is 17.7 Å². The molecule has 2 N–H and O–H groups in total. The first kappa shape index (κ1) is 24.6. The maximum atomic E-state index is 13.0. The van der Waals surface area contributed by atoms with Crippen molar-refractivity contribution >= 4 is 39.9 Å². The van der Waals surface area contributed by atoms with E-state index >= 15 is 0 Å². The number of nitrogens with zero attached hydrogens (tertiary/aromatic N) is 1. The van der Waals surface area contributed by atoms with Crippen LogP contribution in [0.4, 0.5) is 15.8 Å². The molecule has 176 valence electrons. The Hall–Kier alpha value is -3.07. The number of carbonyl (C=O) groups is 3. The molecule has 1 aliphatic carbocycles. The Morgan fingerprint density at radius 2 is 1.61 bits per heavy atom. The van der Waals surface area contributed by atoms with E-state index in [0.717, 1.165) is 31.2 Å². The number of rotatable bonds is 9. The average molecular weight is 474 g/mol. The van der Waals surface area contributed by atoms with E-state index in [9.17, 15) is 23.0 Å². The first-order valence-electron chi connectivity index (χ1n) is 10.9. The van der Waals surface area contributed by atoms with Gasteiger partial charge in [0.25, 0.3) is 0 Å². The highest BCUT2D eigenvalue weighted by molar-refractivity contribution is 7.86. The lowest BCUT2D eigenvalue weighted by Crippen LogP contribution is -2.45. The highest BCUT2D eigenvalue weighted by Crippen LogP contribution is 2.19. The van der Waals surface area contributed by atoms with Gasteiger partial charge in [-0.05, 0) is 56.2 Å². The van der Waals surface area contributed by atoms with Crippen LogP contribution in [-0.2, 0) is 25.2 Å². The Bertz CT molecular complexity index is 1010. The number of benzene rings is 2. The number of amides is 3. The molecule has 0 bridgehead atoms. The van der Waals surface area contributed by atoms with Gasteiger partial charge in [-0.15, -0.1) is 0 Å². The number of hydrogen-bond acceptors (Lipinski definition) is 4. The van der Waals surface area contributed by atoms with Crippen molar-refractivity contribution in [2.45, 2.75) is 38.6 Å². The summed E-state index contributed by atoms with van der Waals surface area (Å²) in [4.78, 5) is 39.0. The molecular formula is C24H28FN3O4S. The maximum Gasteiger partial charge on any atom is 0.240 e. The quantitative estimate of drug-likeness (QED) is 0.585. The number of aryl methyl sites for hydroxylation is 1. The molecule has 0 aromatic heterocycles. The summed E-state index contributed by atoms with van der Waals surface area (Å²) in [5, 5.41) is 5.49. The molecule has 7 nitrogen and oxygen atoms in total. The standard InChI is InChI=1S/C24H28FN3O4S/c1-17-6-12-21(13-7-17)28(14-22(29)26-19-4-2-3-5-19)24(31)16-33(32)15-23(30)27-20-10-8-18(25)9-11-20/h6-13,19H,2-5,14-16H2,1H3,(H,26,29)(H,27,30)/t33-/m1/s1. The summed E-state index contributed by atoms with van der Waals surface area (Å²) in [5.74, 6) is -2.55. The van der Waals surface area contributed by atoms with Crippen LogP contribution in [0, 0.1) is 12.7 Å². The molecule has 0 unspecified atom stereocenters. The van der Waals surface area contributed by atoms with Gasteiger partial charge in [0.05, 0.1) is 0 Å². The van der Waals surface area contributed by atoms with E-state index in [1.54, 1.807) is 12.1 Å². The molecule has 0 spiro atoms. The van der Waals surface area contributed by atoms with Crippen molar-refractivity contribution in [3.05, 3.63) is 59.9 Å². The van der Waals surface area contributed by atoms with E-state index in [-0.39, 0.29) is 24.2 Å². The monoisotopic (exact) mass is 473 g/mol. The van der Waals surface area contributed by atoms with E-state index in [1.807, 2.05) is 19.1 Å². The van der Waals surface area contributed by atoms with Crippen molar-refractivity contribution in [1.29, 1.82) is 0 Å². The summed E-state index contributed by atoms with van der Waals surface area (Å²) in [7, 11) is -1.78. The summed E-state index contributed by atoms with van der Waals surface area (Å²) < 4.78 is 25.5. The zero-order chi connectivity index (χ0) is 23.8. The van der Waals surface area contributed by atoms with Gasteiger partial charge >= 0.3 is 0 Å². The minimum atomic E-state index is -1.78. The highest BCUT2D eigenvalue weighted by Gasteiger charge is 2.24. The van der Waals surface area contributed by atoms with Crippen molar-refractivity contribution in [3.63, 3.8) is 0 Å². The zero-order valence-electron chi connectivity index (χ0n) is 18.5. The number of halogens is 1. The van der Waals surface area contributed by atoms with Gasteiger partial charge in [0, 0.05) is 28.2 Å². The normalized spacial score (nSPS) is 14.5. The van der Waals surface area contributed by atoms with Gasteiger partial charge in [0.1, 0.15) is 23.9 Å². The topological polar surface area (TPSA) is 95.6 Å². The lowest BCUT2D eigenvalue weighted by molar-refractivity contribution is -0.123. The van der Waals surface area contributed by atoms with Crippen LogP contribution in [0.2, 0.25) is 0 Å². The van der Waals surface area contributed by atoms with Crippen LogP contribution in [-0.4, -0.2) is 46.0 Å². The maximum absolute atomic E-state index is 13.0. The molecule has 1 aliphatic rings. The van der Waals surface area contributed by atoms with Crippen molar-refractivity contribution in [3.8, 4) is 0 Å². The first-order chi connectivity index (χ1) is 15.8. The fraction of sp³-hybridized carbons (Fsp3) is 0.375. The number of anilines is 2. The molecule has 1 fully saturated rings. The molecule has 3 amide bonds. The van der Waals surface area contributed by atoms with Crippen LogP contribution >= 0.6 is 0 Å². The van der Waals surface area contributed by atoms with Gasteiger partial charge in [-0.3, -0.25) is 18.6 Å². The fourth-order valence-electron chi connectivity index (χ4n) is 3.68. The Kier molecular flexibility index (Phi) is 8.71. The summed E-state index contributed by atoms with van der Waals surface area (Å²) in [6, 6.07) is 12.4. The molecule has 0 radical (unpaired) electrons. The molecule has 2 aromatic rings. The number of carbonyl (C=O) groups excluding carboxylic acids is 3. The summed E-state index contributed by atoms with van der Waals surface area (Å²) in [5.41, 5.74) is 1.90. The molecule has 9 heteroatoms.